The van der Waals surface area contributed by atoms with Crippen LogP contribution < -0.4 is 4.90 Å². The third-order valence-electron chi connectivity index (χ3n) is 10.4. The average molecular weight is 690 g/mol. The Morgan fingerprint density at radius 2 is 0.852 bits per heavy atom. The molecule has 0 saturated carbocycles. The lowest BCUT2D eigenvalue weighted by Crippen LogP contribution is -2.11. The van der Waals surface area contributed by atoms with Gasteiger partial charge in [0, 0.05) is 22.3 Å². The Balaban J connectivity index is 1.13. The Kier molecular flexibility index (Phi) is 7.85. The minimum Gasteiger partial charge on any atom is -0.456 e. The largest absolute Gasteiger partial charge is 0.456 e. The number of fused-ring (bicyclic) bond motifs is 4. The third-order valence-corrected chi connectivity index (χ3v) is 10.4. The van der Waals surface area contributed by atoms with Gasteiger partial charge in [-0.2, -0.15) is 0 Å². The monoisotopic (exact) mass is 689 g/mol. The van der Waals surface area contributed by atoms with E-state index in [4.69, 9.17) is 4.42 Å². The molecular weight excluding hydrogens is 655 g/mol. The van der Waals surface area contributed by atoms with Gasteiger partial charge in [0.15, 0.2) is 0 Å². The zero-order chi connectivity index (χ0) is 35.8. The molecule has 10 aromatic rings. The normalized spacial score (nSPS) is 11.3. The quantitative estimate of drug-likeness (QED) is 0.155. The molecule has 0 spiro atoms. The molecule has 0 atom stereocenters. The number of nitrogens with zero attached hydrogens (tertiary/aromatic N) is 1. The van der Waals surface area contributed by atoms with Crippen LogP contribution in [-0.2, 0) is 0 Å². The molecule has 1 heterocycles. The maximum atomic E-state index is 6.48. The van der Waals surface area contributed by atoms with Gasteiger partial charge in [0.25, 0.3) is 0 Å². The number of benzene rings is 9. The first-order valence-electron chi connectivity index (χ1n) is 18.4. The van der Waals surface area contributed by atoms with Crippen molar-refractivity contribution in [3.63, 3.8) is 0 Å². The average Bonchev–Trinajstić information content (AvgIpc) is 3.69. The van der Waals surface area contributed by atoms with E-state index in [1.165, 1.54) is 49.4 Å². The highest BCUT2D eigenvalue weighted by Crippen LogP contribution is 2.44. The van der Waals surface area contributed by atoms with Gasteiger partial charge in [0.05, 0.1) is 5.69 Å². The summed E-state index contributed by atoms with van der Waals surface area (Å²) in [5.41, 5.74) is 12.2. The van der Waals surface area contributed by atoms with Gasteiger partial charge in [-0.1, -0.05) is 146 Å². The number of anilines is 3. The summed E-state index contributed by atoms with van der Waals surface area (Å²) in [6.45, 7) is 0. The van der Waals surface area contributed by atoms with E-state index in [1.54, 1.807) is 0 Å². The number of hydrogen-bond acceptors (Lipinski definition) is 2. The Labute approximate surface area is 314 Å². The summed E-state index contributed by atoms with van der Waals surface area (Å²) in [4.78, 5) is 2.36. The molecule has 0 aliphatic rings. The summed E-state index contributed by atoms with van der Waals surface area (Å²) in [6, 6.07) is 75.9. The lowest BCUT2D eigenvalue weighted by molar-refractivity contribution is 0.631. The molecule has 254 valence electrons. The molecule has 0 bridgehead atoms. The van der Waals surface area contributed by atoms with Crippen LogP contribution in [0.15, 0.2) is 217 Å². The van der Waals surface area contributed by atoms with Crippen LogP contribution in [0.2, 0.25) is 0 Å². The number of para-hydroxylation sites is 2. The van der Waals surface area contributed by atoms with Gasteiger partial charge in [-0.25, -0.2) is 0 Å². The fraction of sp³-hybridized carbons (Fsp3) is 0. The first-order valence-corrected chi connectivity index (χ1v) is 18.4. The van der Waals surface area contributed by atoms with Gasteiger partial charge in [0.2, 0.25) is 0 Å². The lowest BCUT2D eigenvalue weighted by atomic mass is 9.93. The van der Waals surface area contributed by atoms with E-state index >= 15 is 0 Å². The van der Waals surface area contributed by atoms with Crippen molar-refractivity contribution in [3.05, 3.63) is 212 Å². The molecule has 1 aromatic heterocycles. The second-order valence-electron chi connectivity index (χ2n) is 13.8. The second-order valence-corrected chi connectivity index (χ2v) is 13.8. The van der Waals surface area contributed by atoms with Gasteiger partial charge in [-0.15, -0.1) is 0 Å². The Bertz CT molecular complexity index is 2830. The summed E-state index contributed by atoms with van der Waals surface area (Å²) < 4.78 is 6.48. The van der Waals surface area contributed by atoms with E-state index in [2.05, 4.69) is 205 Å². The molecule has 0 saturated heterocycles. The van der Waals surface area contributed by atoms with E-state index < -0.39 is 0 Å². The van der Waals surface area contributed by atoms with Crippen molar-refractivity contribution < 1.29 is 4.42 Å². The summed E-state index contributed by atoms with van der Waals surface area (Å²) in [6.07, 6.45) is 0. The van der Waals surface area contributed by atoms with Crippen LogP contribution in [0.5, 0.6) is 0 Å². The first-order chi connectivity index (χ1) is 26.7. The molecule has 2 heteroatoms. The van der Waals surface area contributed by atoms with Gasteiger partial charge < -0.3 is 9.32 Å². The fourth-order valence-corrected chi connectivity index (χ4v) is 7.75. The van der Waals surface area contributed by atoms with Crippen molar-refractivity contribution in [1.29, 1.82) is 0 Å². The predicted molar refractivity (Wildman–Crippen MR) is 228 cm³/mol. The highest BCUT2D eigenvalue weighted by atomic mass is 16.3. The maximum absolute atomic E-state index is 6.48. The number of furan rings is 1. The SMILES string of the molecule is c1ccc(-c2cc(-c3ccccc3)cc(-c3ccc(N(c4ccc5c(ccc6ccccc65)c4)c4ccccc4-c4cc5ccccc5o4)cc3)c2)cc1. The fourth-order valence-electron chi connectivity index (χ4n) is 7.75. The molecule has 0 radical (unpaired) electrons. The summed E-state index contributed by atoms with van der Waals surface area (Å²) in [5, 5.41) is 6.02. The Morgan fingerprint density at radius 1 is 0.315 bits per heavy atom. The smallest absolute Gasteiger partial charge is 0.137 e. The van der Waals surface area contributed by atoms with Crippen LogP contribution in [0.4, 0.5) is 17.1 Å². The van der Waals surface area contributed by atoms with E-state index in [0.717, 1.165) is 44.9 Å². The summed E-state index contributed by atoms with van der Waals surface area (Å²) in [7, 11) is 0. The molecule has 0 aliphatic carbocycles. The summed E-state index contributed by atoms with van der Waals surface area (Å²) >= 11 is 0. The predicted octanol–water partition coefficient (Wildman–Crippen LogP) is 14.9. The van der Waals surface area contributed by atoms with E-state index in [9.17, 15) is 0 Å². The Hall–Kier alpha value is -7.16. The van der Waals surface area contributed by atoms with Crippen molar-refractivity contribution in [2.24, 2.45) is 0 Å². The van der Waals surface area contributed by atoms with E-state index in [0.29, 0.717) is 0 Å². The van der Waals surface area contributed by atoms with E-state index in [1.807, 2.05) is 12.1 Å². The number of rotatable bonds is 7. The van der Waals surface area contributed by atoms with Crippen molar-refractivity contribution in [1.82, 2.24) is 0 Å². The molecule has 0 unspecified atom stereocenters. The third kappa shape index (κ3) is 5.81. The zero-order valence-electron chi connectivity index (χ0n) is 29.6. The van der Waals surface area contributed by atoms with Crippen molar-refractivity contribution in [2.75, 3.05) is 4.90 Å². The van der Waals surface area contributed by atoms with Gasteiger partial charge >= 0.3 is 0 Å². The zero-order valence-corrected chi connectivity index (χ0v) is 29.6. The topological polar surface area (TPSA) is 16.4 Å². The molecule has 10 rings (SSSR count). The summed E-state index contributed by atoms with van der Waals surface area (Å²) in [5.74, 6) is 0.839. The minimum atomic E-state index is 0.839. The molecule has 0 fully saturated rings. The van der Waals surface area contributed by atoms with Crippen LogP contribution in [0.1, 0.15) is 0 Å². The van der Waals surface area contributed by atoms with Crippen molar-refractivity contribution >= 4 is 49.6 Å². The molecular formula is C52H35NO. The highest BCUT2D eigenvalue weighted by molar-refractivity contribution is 6.08. The minimum absolute atomic E-state index is 0.839. The maximum Gasteiger partial charge on any atom is 0.137 e. The van der Waals surface area contributed by atoms with Crippen LogP contribution in [0, 0.1) is 0 Å². The highest BCUT2D eigenvalue weighted by Gasteiger charge is 2.20. The van der Waals surface area contributed by atoms with Crippen molar-refractivity contribution in [2.45, 2.75) is 0 Å². The van der Waals surface area contributed by atoms with Crippen LogP contribution >= 0.6 is 0 Å². The number of hydrogen-bond donors (Lipinski definition) is 0. The van der Waals surface area contributed by atoms with Gasteiger partial charge in [-0.3, -0.25) is 0 Å². The lowest BCUT2D eigenvalue weighted by Gasteiger charge is -2.28. The van der Waals surface area contributed by atoms with Crippen molar-refractivity contribution in [3.8, 4) is 44.7 Å². The van der Waals surface area contributed by atoms with Crippen LogP contribution in [-0.4, -0.2) is 0 Å². The molecule has 2 nitrogen and oxygen atoms in total. The molecule has 0 N–H and O–H groups in total. The second kappa shape index (κ2) is 13.4. The molecule has 54 heavy (non-hydrogen) atoms. The van der Waals surface area contributed by atoms with Crippen LogP contribution in [0.25, 0.3) is 77.2 Å². The molecule has 0 aliphatic heterocycles. The van der Waals surface area contributed by atoms with Gasteiger partial charge in [0.1, 0.15) is 11.3 Å². The standard InChI is InChI=1S/C52H35NO/c1-3-13-36(14-4-1)42-31-43(37-15-5-2-6-16-37)33-44(32-42)38-25-27-45(28-26-38)53(46-29-30-48-40(34-46)24-23-39-17-7-9-19-47(39)48)50-21-11-10-20-49(50)52-35-41-18-8-12-22-51(41)54-52/h1-35H. The first kappa shape index (κ1) is 31.6. The van der Waals surface area contributed by atoms with E-state index in [-0.39, 0.29) is 0 Å². The van der Waals surface area contributed by atoms with Crippen LogP contribution in [0.3, 0.4) is 0 Å². The molecule has 9 aromatic carbocycles. The molecule has 0 amide bonds. The van der Waals surface area contributed by atoms with Gasteiger partial charge in [-0.05, 0) is 122 Å². The Morgan fingerprint density at radius 3 is 1.56 bits per heavy atom.